The molecular weight excluding hydrogens is 368 g/mol. The normalized spacial score (nSPS) is 14.0. The quantitative estimate of drug-likeness (QED) is 0.736. The first-order valence-electron chi connectivity index (χ1n) is 8.58. The van der Waals surface area contributed by atoms with Gasteiger partial charge in [0.25, 0.3) is 0 Å². The molecule has 4 rings (SSSR count). The highest BCUT2D eigenvalue weighted by atomic mass is 32.1. The molecule has 0 atom stereocenters. The number of aromatic nitrogens is 1. The minimum Gasteiger partial charge on any atom is -0.301 e. The summed E-state index contributed by atoms with van der Waals surface area (Å²) in [6.45, 7) is 1.87. The zero-order valence-corrected chi connectivity index (χ0v) is 15.2. The lowest BCUT2D eigenvalue weighted by atomic mass is 10.00. The molecule has 0 fully saturated rings. The molecule has 1 N–H and O–H groups in total. The summed E-state index contributed by atoms with van der Waals surface area (Å²) < 4.78 is 26.4. The first-order chi connectivity index (χ1) is 13.1. The highest BCUT2D eigenvalue weighted by Crippen LogP contribution is 2.26. The maximum absolute atomic E-state index is 13.4. The van der Waals surface area contributed by atoms with E-state index in [0.717, 1.165) is 31.6 Å². The Balaban J connectivity index is 1.38. The van der Waals surface area contributed by atoms with Crippen LogP contribution in [0.1, 0.15) is 11.1 Å². The van der Waals surface area contributed by atoms with E-state index >= 15 is 0 Å². The van der Waals surface area contributed by atoms with Crippen molar-refractivity contribution in [2.45, 2.75) is 13.0 Å². The number of carbonyl (C=O) groups is 1. The molecule has 0 unspecified atom stereocenters. The van der Waals surface area contributed by atoms with Crippen LogP contribution in [-0.2, 0) is 17.8 Å². The fourth-order valence-corrected chi connectivity index (χ4v) is 3.91. The van der Waals surface area contributed by atoms with Gasteiger partial charge in [-0.25, -0.2) is 13.8 Å². The Morgan fingerprint density at radius 1 is 1.15 bits per heavy atom. The number of hydrogen-bond acceptors (Lipinski definition) is 4. The molecule has 0 aliphatic carbocycles. The van der Waals surface area contributed by atoms with Gasteiger partial charge in [-0.3, -0.25) is 9.69 Å². The van der Waals surface area contributed by atoms with E-state index in [9.17, 15) is 13.6 Å². The third-order valence-corrected chi connectivity index (χ3v) is 5.30. The number of halogens is 2. The summed E-state index contributed by atoms with van der Waals surface area (Å²) in [5, 5.41) is 4.94. The van der Waals surface area contributed by atoms with Crippen LogP contribution >= 0.6 is 11.3 Å². The summed E-state index contributed by atoms with van der Waals surface area (Å²) in [6.07, 6.45) is 0.932. The Labute approximate surface area is 159 Å². The molecule has 4 nitrogen and oxygen atoms in total. The van der Waals surface area contributed by atoms with E-state index in [1.165, 1.54) is 28.5 Å². The van der Waals surface area contributed by atoms with Crippen molar-refractivity contribution in [3.8, 4) is 11.3 Å². The van der Waals surface area contributed by atoms with Crippen LogP contribution in [0.3, 0.4) is 0 Å². The second kappa shape index (κ2) is 7.54. The highest BCUT2D eigenvalue weighted by molar-refractivity contribution is 7.14. The molecule has 7 heteroatoms. The van der Waals surface area contributed by atoms with Crippen molar-refractivity contribution in [3.05, 3.63) is 70.6 Å². The maximum atomic E-state index is 13.4. The Hall–Kier alpha value is -2.64. The van der Waals surface area contributed by atoms with Crippen molar-refractivity contribution in [2.75, 3.05) is 18.4 Å². The van der Waals surface area contributed by atoms with Gasteiger partial charge in [-0.15, -0.1) is 11.3 Å². The van der Waals surface area contributed by atoms with E-state index in [4.69, 9.17) is 0 Å². The SMILES string of the molecule is O=C(CN1CCc2ccccc2C1)Nc1nc(-c2ccc(F)c(F)c2)cs1. The summed E-state index contributed by atoms with van der Waals surface area (Å²) in [5.74, 6) is -1.96. The molecule has 138 valence electrons. The van der Waals surface area contributed by atoms with Crippen molar-refractivity contribution in [1.29, 1.82) is 0 Å². The first-order valence-corrected chi connectivity index (χ1v) is 9.46. The highest BCUT2D eigenvalue weighted by Gasteiger charge is 2.18. The lowest BCUT2D eigenvalue weighted by molar-refractivity contribution is -0.117. The standard InChI is InChI=1S/C20H17F2N3OS/c21-16-6-5-14(9-17(16)22)18-12-27-20(23-18)24-19(26)11-25-8-7-13-3-1-2-4-15(13)10-25/h1-6,9,12H,7-8,10-11H2,(H,23,24,26). The summed E-state index contributed by atoms with van der Waals surface area (Å²) >= 11 is 1.26. The van der Waals surface area contributed by atoms with E-state index in [0.29, 0.717) is 16.4 Å². The van der Waals surface area contributed by atoms with Crippen molar-refractivity contribution >= 4 is 22.4 Å². The molecule has 27 heavy (non-hydrogen) atoms. The van der Waals surface area contributed by atoms with Gasteiger partial charge in [-0.2, -0.15) is 0 Å². The summed E-state index contributed by atoms with van der Waals surface area (Å²) in [5.41, 5.74) is 3.57. The van der Waals surface area contributed by atoms with Crippen molar-refractivity contribution in [3.63, 3.8) is 0 Å². The maximum Gasteiger partial charge on any atom is 0.240 e. The van der Waals surface area contributed by atoms with Crippen molar-refractivity contribution < 1.29 is 13.6 Å². The molecule has 0 radical (unpaired) electrons. The van der Waals surface area contributed by atoms with Crippen LogP contribution in [0.5, 0.6) is 0 Å². The fraction of sp³-hybridized carbons (Fsp3) is 0.200. The summed E-state index contributed by atoms with van der Waals surface area (Å²) in [4.78, 5) is 18.7. The zero-order valence-electron chi connectivity index (χ0n) is 14.4. The van der Waals surface area contributed by atoms with Crippen molar-refractivity contribution in [1.82, 2.24) is 9.88 Å². The molecular formula is C20H17F2N3OS. The molecule has 2 heterocycles. The Morgan fingerprint density at radius 2 is 1.96 bits per heavy atom. The number of hydrogen-bond donors (Lipinski definition) is 1. The Bertz CT molecular complexity index is 989. The van der Waals surface area contributed by atoms with Crippen LogP contribution in [0.15, 0.2) is 47.8 Å². The molecule has 0 saturated carbocycles. The molecule has 0 saturated heterocycles. The molecule has 1 aliphatic heterocycles. The largest absolute Gasteiger partial charge is 0.301 e. The second-order valence-corrected chi connectivity index (χ2v) is 7.30. The number of nitrogens with one attached hydrogen (secondary N) is 1. The number of thiazole rings is 1. The number of carbonyl (C=O) groups excluding carboxylic acids is 1. The van der Waals surface area contributed by atoms with Gasteiger partial charge in [0.1, 0.15) is 0 Å². The predicted molar refractivity (Wildman–Crippen MR) is 102 cm³/mol. The number of benzene rings is 2. The van der Waals surface area contributed by atoms with E-state index in [1.807, 2.05) is 12.1 Å². The lowest BCUT2D eigenvalue weighted by Gasteiger charge is -2.27. The average Bonchev–Trinajstić information content (AvgIpc) is 3.12. The van der Waals surface area contributed by atoms with Gasteiger partial charge < -0.3 is 5.32 Å². The zero-order chi connectivity index (χ0) is 18.8. The fourth-order valence-electron chi connectivity index (χ4n) is 3.17. The minimum atomic E-state index is -0.920. The smallest absolute Gasteiger partial charge is 0.240 e. The van der Waals surface area contributed by atoms with E-state index < -0.39 is 11.6 Å². The predicted octanol–water partition coefficient (Wildman–Crippen LogP) is 4.09. The van der Waals surface area contributed by atoms with Gasteiger partial charge in [0.05, 0.1) is 12.2 Å². The lowest BCUT2D eigenvalue weighted by Crippen LogP contribution is -2.37. The van der Waals surface area contributed by atoms with Gasteiger partial charge >= 0.3 is 0 Å². The first kappa shape index (κ1) is 17.8. The van der Waals surface area contributed by atoms with Gasteiger partial charge in [0.2, 0.25) is 5.91 Å². The topological polar surface area (TPSA) is 45.2 Å². The number of amides is 1. The van der Waals surface area contributed by atoms with Gasteiger partial charge in [-0.05, 0) is 35.7 Å². The molecule has 3 aromatic rings. The van der Waals surface area contributed by atoms with Gasteiger partial charge in [-0.1, -0.05) is 24.3 Å². The van der Waals surface area contributed by atoms with Crippen LogP contribution in [0.4, 0.5) is 13.9 Å². The van der Waals surface area contributed by atoms with Crippen LogP contribution < -0.4 is 5.32 Å². The van der Waals surface area contributed by atoms with Crippen LogP contribution in [0.25, 0.3) is 11.3 Å². The third kappa shape index (κ3) is 4.04. The van der Waals surface area contributed by atoms with Gasteiger partial charge in [0.15, 0.2) is 16.8 Å². The summed E-state index contributed by atoms with van der Waals surface area (Å²) in [6, 6.07) is 11.9. The molecule has 0 bridgehead atoms. The third-order valence-electron chi connectivity index (χ3n) is 4.54. The number of anilines is 1. The average molecular weight is 385 g/mol. The number of fused-ring (bicyclic) bond motifs is 1. The molecule has 1 aromatic heterocycles. The van der Waals surface area contributed by atoms with Crippen LogP contribution in [0, 0.1) is 11.6 Å². The molecule has 2 aromatic carbocycles. The van der Waals surface area contributed by atoms with Gasteiger partial charge in [0, 0.05) is 24.0 Å². The molecule has 1 aliphatic rings. The molecule has 1 amide bonds. The Morgan fingerprint density at radius 3 is 2.78 bits per heavy atom. The van der Waals surface area contributed by atoms with E-state index in [1.54, 1.807) is 5.38 Å². The van der Waals surface area contributed by atoms with Crippen LogP contribution in [0.2, 0.25) is 0 Å². The van der Waals surface area contributed by atoms with Crippen LogP contribution in [-0.4, -0.2) is 28.9 Å². The second-order valence-electron chi connectivity index (χ2n) is 6.44. The van der Waals surface area contributed by atoms with Crippen molar-refractivity contribution in [2.24, 2.45) is 0 Å². The molecule has 0 spiro atoms. The number of nitrogens with zero attached hydrogens (tertiary/aromatic N) is 2. The Kier molecular flexibility index (Phi) is 4.96. The number of rotatable bonds is 4. The monoisotopic (exact) mass is 385 g/mol. The summed E-state index contributed by atoms with van der Waals surface area (Å²) in [7, 11) is 0. The minimum absolute atomic E-state index is 0.138. The van der Waals surface area contributed by atoms with E-state index in [2.05, 4.69) is 27.3 Å². The van der Waals surface area contributed by atoms with E-state index in [-0.39, 0.29) is 12.5 Å².